The standard InChI is InChI=1S/C24H27N5O6S/c1-24(2,3)35-22(30)14-29-13-16(11-27-29)15-5-6-20(34-4)21(9-15)36(32,33)28-17-10-18-19(26-12-17)7-8-25-23(18)31/h5-6,9-13,28H,7-8,14H2,1-4H3,(H,25,31). The summed E-state index contributed by atoms with van der Waals surface area (Å²) in [4.78, 5) is 28.4. The van der Waals surface area contributed by atoms with Gasteiger partial charge in [0.05, 0.1) is 36.4 Å². The van der Waals surface area contributed by atoms with Crippen molar-refractivity contribution in [2.24, 2.45) is 0 Å². The topological polar surface area (TPSA) is 142 Å². The maximum atomic E-state index is 13.3. The lowest BCUT2D eigenvalue weighted by Gasteiger charge is -2.19. The molecule has 0 spiro atoms. The quantitative estimate of drug-likeness (QED) is 0.459. The fourth-order valence-electron chi connectivity index (χ4n) is 3.72. The molecule has 0 bridgehead atoms. The number of methoxy groups -OCH3 is 1. The number of anilines is 1. The molecule has 3 aromatic rings. The molecule has 36 heavy (non-hydrogen) atoms. The zero-order valence-electron chi connectivity index (χ0n) is 20.4. The summed E-state index contributed by atoms with van der Waals surface area (Å²) in [5.74, 6) is -0.601. The fraction of sp³-hybridized carbons (Fsp3) is 0.333. The number of amides is 1. The highest BCUT2D eigenvalue weighted by Crippen LogP contribution is 2.31. The molecule has 2 N–H and O–H groups in total. The third-order valence-corrected chi connectivity index (χ3v) is 6.65. The van der Waals surface area contributed by atoms with Crippen molar-refractivity contribution in [2.75, 3.05) is 18.4 Å². The zero-order valence-corrected chi connectivity index (χ0v) is 21.2. The Morgan fingerprint density at radius 1 is 1.19 bits per heavy atom. The van der Waals surface area contributed by atoms with Gasteiger partial charge in [-0.15, -0.1) is 0 Å². The third-order valence-electron chi connectivity index (χ3n) is 5.25. The van der Waals surface area contributed by atoms with Gasteiger partial charge in [-0.2, -0.15) is 5.10 Å². The van der Waals surface area contributed by atoms with Crippen molar-refractivity contribution < 1.29 is 27.5 Å². The Kier molecular flexibility index (Phi) is 6.72. The van der Waals surface area contributed by atoms with Gasteiger partial charge in [0.15, 0.2) is 0 Å². The SMILES string of the molecule is COc1ccc(-c2cnn(CC(=O)OC(C)(C)C)c2)cc1S(=O)(=O)Nc1cnc2c(c1)C(=O)NCC2. The minimum Gasteiger partial charge on any atom is -0.495 e. The summed E-state index contributed by atoms with van der Waals surface area (Å²) in [6, 6.07) is 6.14. The number of nitrogens with zero attached hydrogens (tertiary/aromatic N) is 3. The van der Waals surface area contributed by atoms with Crippen LogP contribution in [0.4, 0.5) is 5.69 Å². The lowest BCUT2D eigenvalue weighted by atomic mass is 10.1. The van der Waals surface area contributed by atoms with Crippen LogP contribution < -0.4 is 14.8 Å². The molecular formula is C24H27N5O6S. The number of benzene rings is 1. The van der Waals surface area contributed by atoms with Crippen molar-refractivity contribution in [1.82, 2.24) is 20.1 Å². The Balaban J connectivity index is 1.60. The number of rotatable bonds is 7. The van der Waals surface area contributed by atoms with E-state index < -0.39 is 21.6 Å². The molecular weight excluding hydrogens is 486 g/mol. The van der Waals surface area contributed by atoms with Crippen molar-refractivity contribution in [3.8, 4) is 16.9 Å². The molecule has 0 saturated heterocycles. The zero-order chi connectivity index (χ0) is 26.1. The summed E-state index contributed by atoms with van der Waals surface area (Å²) in [6.07, 6.45) is 5.11. The number of fused-ring (bicyclic) bond motifs is 1. The molecule has 1 aliphatic rings. The smallest absolute Gasteiger partial charge is 0.328 e. The Labute approximate surface area is 208 Å². The molecule has 11 nitrogen and oxygen atoms in total. The second-order valence-corrected chi connectivity index (χ2v) is 10.9. The van der Waals surface area contributed by atoms with Gasteiger partial charge in [-0.05, 0) is 44.5 Å². The van der Waals surface area contributed by atoms with E-state index in [1.807, 2.05) is 0 Å². The number of ether oxygens (including phenoxy) is 2. The van der Waals surface area contributed by atoms with Gasteiger partial charge in [0.1, 0.15) is 22.8 Å². The summed E-state index contributed by atoms with van der Waals surface area (Å²) in [5.41, 5.74) is 1.64. The number of carbonyl (C=O) groups excluding carboxylic acids is 2. The number of aromatic nitrogens is 3. The maximum Gasteiger partial charge on any atom is 0.328 e. The van der Waals surface area contributed by atoms with Crippen LogP contribution in [-0.4, -0.2) is 54.3 Å². The molecule has 1 aromatic carbocycles. The van der Waals surface area contributed by atoms with Gasteiger partial charge in [-0.3, -0.25) is 24.0 Å². The first kappa shape index (κ1) is 25.2. The van der Waals surface area contributed by atoms with Crippen LogP contribution >= 0.6 is 0 Å². The van der Waals surface area contributed by atoms with Gasteiger partial charge in [0.2, 0.25) is 0 Å². The lowest BCUT2D eigenvalue weighted by molar-refractivity contribution is -0.155. The van der Waals surface area contributed by atoms with E-state index >= 15 is 0 Å². The number of nitrogens with one attached hydrogen (secondary N) is 2. The van der Waals surface area contributed by atoms with Crippen LogP contribution in [-0.2, 0) is 32.5 Å². The molecule has 12 heteroatoms. The van der Waals surface area contributed by atoms with Crippen molar-refractivity contribution >= 4 is 27.6 Å². The van der Waals surface area contributed by atoms with E-state index in [9.17, 15) is 18.0 Å². The van der Waals surface area contributed by atoms with Gasteiger partial charge >= 0.3 is 5.97 Å². The number of hydrogen-bond acceptors (Lipinski definition) is 8. The van der Waals surface area contributed by atoms with Crippen LogP contribution in [0, 0.1) is 0 Å². The van der Waals surface area contributed by atoms with E-state index in [1.165, 1.54) is 42.4 Å². The number of carbonyl (C=O) groups is 2. The van der Waals surface area contributed by atoms with E-state index in [2.05, 4.69) is 20.1 Å². The predicted octanol–water partition coefficient (Wildman–Crippen LogP) is 2.38. The minimum absolute atomic E-state index is 0.0843. The van der Waals surface area contributed by atoms with Crippen molar-refractivity contribution in [1.29, 1.82) is 0 Å². The van der Waals surface area contributed by atoms with E-state index in [0.29, 0.717) is 35.3 Å². The average molecular weight is 514 g/mol. The molecule has 0 unspecified atom stereocenters. The molecule has 1 amide bonds. The maximum absolute atomic E-state index is 13.3. The molecule has 0 aliphatic carbocycles. The number of esters is 1. The van der Waals surface area contributed by atoms with Crippen LogP contribution in [0.1, 0.15) is 36.8 Å². The van der Waals surface area contributed by atoms with E-state index in [4.69, 9.17) is 9.47 Å². The van der Waals surface area contributed by atoms with Crippen molar-refractivity contribution in [2.45, 2.75) is 44.2 Å². The minimum atomic E-state index is -4.11. The van der Waals surface area contributed by atoms with Crippen LogP contribution in [0.25, 0.3) is 11.1 Å². The Morgan fingerprint density at radius 3 is 2.69 bits per heavy atom. The van der Waals surface area contributed by atoms with Crippen LogP contribution in [0.3, 0.4) is 0 Å². The van der Waals surface area contributed by atoms with Gasteiger partial charge < -0.3 is 14.8 Å². The molecule has 0 fully saturated rings. The largest absolute Gasteiger partial charge is 0.495 e. The Morgan fingerprint density at radius 2 is 1.97 bits per heavy atom. The Bertz CT molecular complexity index is 1420. The van der Waals surface area contributed by atoms with Gasteiger partial charge in [0, 0.05) is 24.7 Å². The molecule has 4 rings (SSSR count). The number of hydrogen-bond donors (Lipinski definition) is 2. The lowest BCUT2D eigenvalue weighted by Crippen LogP contribution is -2.32. The van der Waals surface area contributed by atoms with Gasteiger partial charge in [-0.25, -0.2) is 8.42 Å². The summed E-state index contributed by atoms with van der Waals surface area (Å²) in [7, 11) is -2.74. The second-order valence-electron chi connectivity index (χ2n) is 9.21. The number of sulfonamides is 1. The van der Waals surface area contributed by atoms with Gasteiger partial charge in [-0.1, -0.05) is 6.07 Å². The van der Waals surface area contributed by atoms with Crippen LogP contribution in [0.5, 0.6) is 5.75 Å². The summed E-state index contributed by atoms with van der Waals surface area (Å²) in [5, 5.41) is 6.90. The summed E-state index contributed by atoms with van der Waals surface area (Å²) < 4.78 is 41.1. The van der Waals surface area contributed by atoms with Gasteiger partial charge in [0.25, 0.3) is 15.9 Å². The predicted molar refractivity (Wildman–Crippen MR) is 131 cm³/mol. The first-order valence-corrected chi connectivity index (χ1v) is 12.7. The molecule has 1 aliphatic heterocycles. The normalized spacial score (nSPS) is 13.5. The van der Waals surface area contributed by atoms with E-state index in [1.54, 1.807) is 33.0 Å². The van der Waals surface area contributed by atoms with Crippen LogP contribution in [0.2, 0.25) is 0 Å². The highest BCUT2D eigenvalue weighted by molar-refractivity contribution is 7.92. The average Bonchev–Trinajstić information content (AvgIpc) is 3.26. The summed E-state index contributed by atoms with van der Waals surface area (Å²) in [6.45, 7) is 5.74. The van der Waals surface area contributed by atoms with E-state index in [-0.39, 0.29) is 28.8 Å². The highest BCUT2D eigenvalue weighted by atomic mass is 32.2. The molecule has 3 heterocycles. The molecule has 0 saturated carbocycles. The molecule has 0 atom stereocenters. The second kappa shape index (κ2) is 9.61. The summed E-state index contributed by atoms with van der Waals surface area (Å²) >= 11 is 0. The third kappa shape index (κ3) is 5.65. The Hall–Kier alpha value is -3.93. The molecule has 0 radical (unpaired) electrons. The van der Waals surface area contributed by atoms with Crippen molar-refractivity contribution in [3.05, 3.63) is 54.1 Å². The monoisotopic (exact) mass is 513 g/mol. The number of pyridine rings is 1. The van der Waals surface area contributed by atoms with Crippen LogP contribution in [0.15, 0.2) is 47.8 Å². The first-order chi connectivity index (χ1) is 16.9. The molecule has 2 aromatic heterocycles. The highest BCUT2D eigenvalue weighted by Gasteiger charge is 2.24. The van der Waals surface area contributed by atoms with Crippen molar-refractivity contribution in [3.63, 3.8) is 0 Å². The fourth-order valence-corrected chi connectivity index (χ4v) is 4.95. The van der Waals surface area contributed by atoms with E-state index in [0.717, 1.165) is 0 Å². The molecule has 190 valence electrons. The first-order valence-electron chi connectivity index (χ1n) is 11.2.